The number of anilines is 1. The number of hydrogen-bond acceptors (Lipinski definition) is 4. The molecule has 2 N–H and O–H groups in total. The summed E-state index contributed by atoms with van der Waals surface area (Å²) < 4.78 is 0. The van der Waals surface area contributed by atoms with E-state index >= 15 is 0 Å². The number of pyridine rings is 1. The highest BCUT2D eigenvalue weighted by atomic mass is 16.1. The number of nitrogens with zero attached hydrogens (tertiary/aromatic N) is 2. The lowest BCUT2D eigenvalue weighted by Gasteiger charge is -2.12. The van der Waals surface area contributed by atoms with Crippen LogP contribution in [0.25, 0.3) is 0 Å². The molecule has 1 atom stereocenters. The van der Waals surface area contributed by atoms with Crippen molar-refractivity contribution in [3.8, 4) is 0 Å². The number of hydrogen-bond donors (Lipinski definition) is 2. The van der Waals surface area contributed by atoms with E-state index in [9.17, 15) is 4.79 Å². The van der Waals surface area contributed by atoms with E-state index in [4.69, 9.17) is 0 Å². The van der Waals surface area contributed by atoms with E-state index in [1.165, 1.54) is 0 Å². The highest BCUT2D eigenvalue weighted by Gasteiger charge is 2.21. The Bertz CT molecular complexity index is 407. The number of carbonyl (C=O) groups excluding carboxylic acids is 1. The van der Waals surface area contributed by atoms with Crippen LogP contribution in [0.4, 0.5) is 5.82 Å². The van der Waals surface area contributed by atoms with Gasteiger partial charge in [-0.1, -0.05) is 6.07 Å². The summed E-state index contributed by atoms with van der Waals surface area (Å²) in [6, 6.07) is 5.64. The molecule has 92 valence electrons. The van der Waals surface area contributed by atoms with Gasteiger partial charge in [-0.25, -0.2) is 4.98 Å². The van der Waals surface area contributed by atoms with Crippen LogP contribution in [0.3, 0.4) is 0 Å². The largest absolute Gasteiger partial charge is 0.373 e. The number of amides is 1. The quantitative estimate of drug-likeness (QED) is 0.802. The predicted octanol–water partition coefficient (Wildman–Crippen LogP) is 0.557. The fourth-order valence-corrected chi connectivity index (χ4v) is 2.01. The van der Waals surface area contributed by atoms with Crippen molar-refractivity contribution < 1.29 is 4.79 Å². The smallest absolute Gasteiger partial charge is 0.270 e. The van der Waals surface area contributed by atoms with Crippen molar-refractivity contribution in [2.45, 2.75) is 12.5 Å². The van der Waals surface area contributed by atoms with E-state index in [0.29, 0.717) is 11.5 Å². The average Bonchev–Trinajstić information content (AvgIpc) is 2.75. The molecule has 2 heterocycles. The van der Waals surface area contributed by atoms with Gasteiger partial charge >= 0.3 is 0 Å². The minimum Gasteiger partial charge on any atom is -0.373 e. The van der Waals surface area contributed by atoms with Crippen molar-refractivity contribution in [1.29, 1.82) is 0 Å². The Kier molecular flexibility index (Phi) is 3.58. The van der Waals surface area contributed by atoms with Crippen LogP contribution in [0.15, 0.2) is 18.2 Å². The van der Waals surface area contributed by atoms with Crippen LogP contribution < -0.4 is 10.6 Å². The van der Waals surface area contributed by atoms with Crippen molar-refractivity contribution in [2.24, 2.45) is 0 Å². The summed E-state index contributed by atoms with van der Waals surface area (Å²) >= 11 is 0. The number of rotatable bonds is 3. The summed E-state index contributed by atoms with van der Waals surface area (Å²) in [5.74, 6) is 0.614. The van der Waals surface area contributed by atoms with E-state index in [1.807, 2.05) is 12.1 Å². The van der Waals surface area contributed by atoms with Crippen molar-refractivity contribution in [2.75, 3.05) is 32.5 Å². The third-order valence-electron chi connectivity index (χ3n) is 2.96. The summed E-state index contributed by atoms with van der Waals surface area (Å²) in [5.41, 5.74) is 0.464. The Morgan fingerprint density at radius 2 is 2.35 bits per heavy atom. The molecular formula is C12H18N4O. The van der Waals surface area contributed by atoms with Crippen LogP contribution in [0.2, 0.25) is 0 Å². The summed E-state index contributed by atoms with van der Waals surface area (Å²) in [6.07, 6.45) is 1.01. The topological polar surface area (TPSA) is 57.3 Å². The van der Waals surface area contributed by atoms with Gasteiger partial charge in [0.15, 0.2) is 0 Å². The van der Waals surface area contributed by atoms with Crippen LogP contribution in [-0.2, 0) is 0 Å². The van der Waals surface area contributed by atoms with Crippen LogP contribution >= 0.6 is 0 Å². The lowest BCUT2D eigenvalue weighted by molar-refractivity contribution is 0.0933. The first kappa shape index (κ1) is 11.9. The van der Waals surface area contributed by atoms with Crippen LogP contribution in [-0.4, -0.2) is 49.0 Å². The highest BCUT2D eigenvalue weighted by molar-refractivity contribution is 5.92. The summed E-state index contributed by atoms with van der Waals surface area (Å²) in [4.78, 5) is 18.4. The van der Waals surface area contributed by atoms with Gasteiger partial charge in [0.05, 0.1) is 0 Å². The second-order valence-corrected chi connectivity index (χ2v) is 4.38. The van der Waals surface area contributed by atoms with Gasteiger partial charge in [0.2, 0.25) is 0 Å². The number of likely N-dealkylation sites (tertiary alicyclic amines) is 1. The van der Waals surface area contributed by atoms with Crippen molar-refractivity contribution in [1.82, 2.24) is 15.2 Å². The molecule has 0 aliphatic carbocycles. The molecule has 0 bridgehead atoms. The molecule has 5 heteroatoms. The van der Waals surface area contributed by atoms with Crippen LogP contribution in [0, 0.1) is 0 Å². The summed E-state index contributed by atoms with van der Waals surface area (Å²) in [5, 5.41) is 5.93. The Labute approximate surface area is 101 Å². The number of aromatic nitrogens is 1. The zero-order valence-electron chi connectivity index (χ0n) is 10.2. The highest BCUT2D eigenvalue weighted by Crippen LogP contribution is 2.08. The molecule has 0 aromatic carbocycles. The molecule has 0 radical (unpaired) electrons. The Hall–Kier alpha value is -1.62. The molecular weight excluding hydrogens is 216 g/mol. The van der Waals surface area contributed by atoms with E-state index in [1.54, 1.807) is 13.1 Å². The molecule has 1 fully saturated rings. The molecule has 0 spiro atoms. The van der Waals surface area contributed by atoms with Crippen molar-refractivity contribution >= 4 is 11.7 Å². The van der Waals surface area contributed by atoms with Crippen molar-refractivity contribution in [3.63, 3.8) is 0 Å². The monoisotopic (exact) mass is 234 g/mol. The van der Waals surface area contributed by atoms with Gasteiger partial charge in [-0.15, -0.1) is 0 Å². The Morgan fingerprint density at radius 3 is 3.00 bits per heavy atom. The van der Waals surface area contributed by atoms with Gasteiger partial charge in [0.1, 0.15) is 11.5 Å². The molecule has 1 aliphatic rings. The fraction of sp³-hybridized carbons (Fsp3) is 0.500. The molecule has 5 nitrogen and oxygen atoms in total. The second-order valence-electron chi connectivity index (χ2n) is 4.38. The van der Waals surface area contributed by atoms with Crippen LogP contribution in [0.5, 0.6) is 0 Å². The Balaban J connectivity index is 1.99. The summed E-state index contributed by atoms with van der Waals surface area (Å²) in [7, 11) is 3.85. The van der Waals surface area contributed by atoms with Crippen LogP contribution in [0.1, 0.15) is 16.9 Å². The Morgan fingerprint density at radius 1 is 1.53 bits per heavy atom. The van der Waals surface area contributed by atoms with Gasteiger partial charge < -0.3 is 15.5 Å². The molecule has 0 saturated carbocycles. The molecule has 1 aromatic heterocycles. The number of likely N-dealkylation sites (N-methyl/N-ethyl adjacent to an activating group) is 1. The third-order valence-corrected chi connectivity index (χ3v) is 2.96. The maximum Gasteiger partial charge on any atom is 0.270 e. The average molecular weight is 234 g/mol. The lowest BCUT2D eigenvalue weighted by atomic mass is 10.2. The zero-order chi connectivity index (χ0) is 12.3. The first-order valence-corrected chi connectivity index (χ1v) is 5.83. The van der Waals surface area contributed by atoms with E-state index in [-0.39, 0.29) is 11.9 Å². The lowest BCUT2D eigenvalue weighted by Crippen LogP contribution is -2.36. The molecule has 1 saturated heterocycles. The molecule has 1 amide bonds. The standard InChI is InChI=1S/C12H18N4O/c1-13-11-5-3-4-10(15-11)12(17)14-9-6-7-16(2)8-9/h3-5,9H,6-8H2,1-2H3,(H,13,15)(H,14,17). The fourth-order valence-electron chi connectivity index (χ4n) is 2.01. The zero-order valence-corrected chi connectivity index (χ0v) is 10.2. The van der Waals surface area contributed by atoms with E-state index in [2.05, 4.69) is 27.6 Å². The first-order chi connectivity index (χ1) is 8.19. The van der Waals surface area contributed by atoms with Gasteiger partial charge in [-0.2, -0.15) is 0 Å². The molecule has 17 heavy (non-hydrogen) atoms. The minimum atomic E-state index is -0.0950. The SMILES string of the molecule is CNc1cccc(C(=O)NC2CCN(C)C2)n1. The van der Waals surface area contributed by atoms with E-state index in [0.717, 1.165) is 19.5 Å². The molecule has 2 rings (SSSR count). The normalized spacial score (nSPS) is 20.2. The minimum absolute atomic E-state index is 0.0950. The summed E-state index contributed by atoms with van der Waals surface area (Å²) in [6.45, 7) is 1.95. The van der Waals surface area contributed by atoms with E-state index < -0.39 is 0 Å². The van der Waals surface area contributed by atoms with Gasteiger partial charge in [0.25, 0.3) is 5.91 Å². The van der Waals surface area contributed by atoms with Gasteiger partial charge in [-0.05, 0) is 32.1 Å². The first-order valence-electron chi connectivity index (χ1n) is 5.83. The maximum absolute atomic E-state index is 12.0. The molecule has 1 unspecified atom stereocenters. The third kappa shape index (κ3) is 2.94. The molecule has 1 aromatic rings. The van der Waals surface area contributed by atoms with Crippen molar-refractivity contribution in [3.05, 3.63) is 23.9 Å². The van der Waals surface area contributed by atoms with Gasteiger partial charge in [-0.3, -0.25) is 4.79 Å². The number of nitrogens with one attached hydrogen (secondary N) is 2. The number of carbonyl (C=O) groups is 1. The second kappa shape index (κ2) is 5.14. The predicted molar refractivity (Wildman–Crippen MR) is 67.2 cm³/mol. The maximum atomic E-state index is 12.0. The molecule has 1 aliphatic heterocycles. The van der Waals surface area contributed by atoms with Gasteiger partial charge in [0, 0.05) is 19.6 Å².